The van der Waals surface area contributed by atoms with Gasteiger partial charge < -0.3 is 9.64 Å². The number of likely N-dealkylation sites (tertiary alicyclic amines) is 1. The number of benzene rings is 2. The van der Waals surface area contributed by atoms with E-state index in [2.05, 4.69) is 93.0 Å². The minimum Gasteiger partial charge on any atom is -0.462 e. The van der Waals surface area contributed by atoms with Crippen LogP contribution in [-0.2, 0) is 9.53 Å². The maximum Gasteiger partial charge on any atom is 0.305 e. The first-order valence-corrected chi connectivity index (χ1v) is 12.9. The molecule has 0 spiro atoms. The standard InChI is InChI=1S/C24H33NO2Si/c1-6-23(26)27-24(17-20(3)25(4)18-19(24)2)28(5,21-13-9-7-10-14-21)22-15-11-8-12-16-22/h7-16,19-20H,6,17-18H2,1-5H3. The molecule has 1 fully saturated rings. The summed E-state index contributed by atoms with van der Waals surface area (Å²) in [6.07, 6.45) is 1.27. The van der Waals surface area contributed by atoms with Crippen LogP contribution in [0.25, 0.3) is 0 Å². The number of rotatable bonds is 5. The number of hydrogen-bond donors (Lipinski definition) is 0. The number of esters is 1. The summed E-state index contributed by atoms with van der Waals surface area (Å²) in [5.41, 5.74) is 0. The van der Waals surface area contributed by atoms with E-state index in [1.165, 1.54) is 10.4 Å². The predicted octanol–water partition coefficient (Wildman–Crippen LogP) is 3.47. The van der Waals surface area contributed by atoms with Gasteiger partial charge in [-0.05, 0) is 14.0 Å². The maximum atomic E-state index is 12.7. The number of piperidine rings is 1. The third kappa shape index (κ3) is 3.44. The van der Waals surface area contributed by atoms with Crippen molar-refractivity contribution >= 4 is 24.4 Å². The zero-order chi connectivity index (χ0) is 20.4. The summed E-state index contributed by atoms with van der Waals surface area (Å²) in [6, 6.07) is 21.9. The minimum atomic E-state index is -2.43. The van der Waals surface area contributed by atoms with Crippen LogP contribution in [0.3, 0.4) is 0 Å². The Morgan fingerprint density at radius 1 is 1.07 bits per heavy atom. The molecule has 0 saturated carbocycles. The first-order chi connectivity index (χ1) is 13.3. The van der Waals surface area contributed by atoms with Crippen LogP contribution in [0.5, 0.6) is 0 Å². The van der Waals surface area contributed by atoms with Crippen molar-refractivity contribution in [2.75, 3.05) is 13.6 Å². The first kappa shape index (κ1) is 20.8. The van der Waals surface area contributed by atoms with Gasteiger partial charge in [0.2, 0.25) is 0 Å². The van der Waals surface area contributed by atoms with E-state index in [1.807, 2.05) is 6.92 Å². The lowest BCUT2D eigenvalue weighted by Gasteiger charge is -2.56. The summed E-state index contributed by atoms with van der Waals surface area (Å²) in [6.45, 7) is 9.74. The highest BCUT2D eigenvalue weighted by atomic mass is 28.3. The molecule has 0 N–H and O–H groups in total. The molecule has 1 saturated heterocycles. The van der Waals surface area contributed by atoms with Crippen LogP contribution >= 0.6 is 0 Å². The van der Waals surface area contributed by atoms with Crippen LogP contribution < -0.4 is 10.4 Å². The van der Waals surface area contributed by atoms with Gasteiger partial charge in [-0.3, -0.25) is 4.79 Å². The van der Waals surface area contributed by atoms with E-state index in [-0.39, 0.29) is 11.9 Å². The maximum absolute atomic E-state index is 12.7. The van der Waals surface area contributed by atoms with Crippen LogP contribution in [0.4, 0.5) is 0 Å². The molecule has 1 heterocycles. The van der Waals surface area contributed by atoms with Gasteiger partial charge in [0.15, 0.2) is 8.07 Å². The number of carbonyl (C=O) groups excluding carboxylic acids is 1. The van der Waals surface area contributed by atoms with Crippen molar-refractivity contribution < 1.29 is 9.53 Å². The topological polar surface area (TPSA) is 29.5 Å². The van der Waals surface area contributed by atoms with Crippen molar-refractivity contribution in [2.24, 2.45) is 5.92 Å². The lowest BCUT2D eigenvalue weighted by Crippen LogP contribution is -2.78. The second-order valence-corrected chi connectivity index (χ2v) is 12.7. The third-order valence-corrected chi connectivity index (χ3v) is 12.3. The summed E-state index contributed by atoms with van der Waals surface area (Å²) in [5, 5.41) is 2.18. The van der Waals surface area contributed by atoms with Gasteiger partial charge in [-0.15, -0.1) is 0 Å². The molecule has 3 rings (SSSR count). The highest BCUT2D eigenvalue weighted by molar-refractivity contribution is 7.03. The second kappa shape index (κ2) is 8.22. The average molecular weight is 396 g/mol. The summed E-state index contributed by atoms with van der Waals surface area (Å²) in [7, 11) is -0.257. The molecule has 0 aliphatic carbocycles. The molecule has 1 aliphatic rings. The predicted molar refractivity (Wildman–Crippen MR) is 119 cm³/mol. The van der Waals surface area contributed by atoms with Gasteiger partial charge in [0.05, 0.1) is 0 Å². The normalized spacial score (nSPS) is 26.0. The van der Waals surface area contributed by atoms with Crippen LogP contribution in [0, 0.1) is 5.92 Å². The molecule has 1 aliphatic heterocycles. The molecule has 2 aromatic rings. The SMILES string of the molecule is CCC(=O)OC1([Si](C)(c2ccccc2)c2ccccc2)CC(C)N(C)CC1C. The number of nitrogens with zero attached hydrogens (tertiary/aromatic N) is 1. The Bertz CT molecular complexity index is 755. The molecule has 0 aromatic heterocycles. The van der Waals surface area contributed by atoms with Crippen LogP contribution in [0.1, 0.15) is 33.6 Å². The van der Waals surface area contributed by atoms with Crippen molar-refractivity contribution in [3.05, 3.63) is 60.7 Å². The van der Waals surface area contributed by atoms with E-state index in [0.717, 1.165) is 13.0 Å². The highest BCUT2D eigenvalue weighted by Crippen LogP contribution is 2.41. The zero-order valence-corrected chi connectivity index (χ0v) is 18.8. The number of ether oxygens (including phenoxy) is 1. The van der Waals surface area contributed by atoms with Crippen molar-refractivity contribution in [3.8, 4) is 0 Å². The summed E-state index contributed by atoms with van der Waals surface area (Å²) >= 11 is 0. The van der Waals surface area contributed by atoms with Crippen molar-refractivity contribution in [1.82, 2.24) is 4.90 Å². The van der Waals surface area contributed by atoms with Gasteiger partial charge in [0, 0.05) is 31.3 Å². The van der Waals surface area contributed by atoms with E-state index in [0.29, 0.717) is 12.5 Å². The fourth-order valence-corrected chi connectivity index (χ4v) is 10.1. The Hall–Kier alpha value is -1.91. The average Bonchev–Trinajstić information content (AvgIpc) is 2.72. The van der Waals surface area contributed by atoms with E-state index < -0.39 is 13.3 Å². The summed E-state index contributed by atoms with van der Waals surface area (Å²) in [4.78, 5) is 15.1. The molecule has 3 unspecified atom stereocenters. The molecule has 2 aromatic carbocycles. The Balaban J connectivity index is 2.27. The second-order valence-electron chi connectivity index (χ2n) is 8.47. The molecular formula is C24H33NO2Si. The summed E-state index contributed by atoms with van der Waals surface area (Å²) < 4.78 is 6.53. The quantitative estimate of drug-likeness (QED) is 0.573. The van der Waals surface area contributed by atoms with E-state index in [9.17, 15) is 4.79 Å². The van der Waals surface area contributed by atoms with E-state index in [1.54, 1.807) is 0 Å². The smallest absolute Gasteiger partial charge is 0.305 e. The van der Waals surface area contributed by atoms with E-state index >= 15 is 0 Å². The lowest BCUT2D eigenvalue weighted by atomic mass is 9.91. The van der Waals surface area contributed by atoms with Crippen molar-refractivity contribution in [2.45, 2.75) is 51.4 Å². The van der Waals surface area contributed by atoms with Gasteiger partial charge in [-0.2, -0.15) is 0 Å². The van der Waals surface area contributed by atoms with Gasteiger partial charge in [0.25, 0.3) is 0 Å². The molecule has 4 heteroatoms. The molecule has 0 radical (unpaired) electrons. The van der Waals surface area contributed by atoms with E-state index in [4.69, 9.17) is 4.74 Å². The van der Waals surface area contributed by atoms with Crippen molar-refractivity contribution in [3.63, 3.8) is 0 Å². The number of carbonyl (C=O) groups is 1. The molecular weight excluding hydrogens is 362 g/mol. The molecule has 28 heavy (non-hydrogen) atoms. The fourth-order valence-electron chi connectivity index (χ4n) is 4.97. The Morgan fingerprint density at radius 3 is 2.04 bits per heavy atom. The largest absolute Gasteiger partial charge is 0.462 e. The Kier molecular flexibility index (Phi) is 6.11. The highest BCUT2D eigenvalue weighted by Gasteiger charge is 2.60. The van der Waals surface area contributed by atoms with Crippen LogP contribution in [0.15, 0.2) is 60.7 Å². The number of hydrogen-bond acceptors (Lipinski definition) is 3. The van der Waals surface area contributed by atoms with Gasteiger partial charge in [0.1, 0.15) is 5.22 Å². The van der Waals surface area contributed by atoms with Crippen molar-refractivity contribution in [1.29, 1.82) is 0 Å². The third-order valence-electron chi connectivity index (χ3n) is 6.84. The monoisotopic (exact) mass is 395 g/mol. The van der Waals surface area contributed by atoms with Gasteiger partial charge in [-0.25, -0.2) is 0 Å². The molecule has 150 valence electrons. The van der Waals surface area contributed by atoms with Crippen LogP contribution in [-0.4, -0.2) is 43.8 Å². The van der Waals surface area contributed by atoms with Gasteiger partial charge >= 0.3 is 5.97 Å². The van der Waals surface area contributed by atoms with Crippen LogP contribution in [0.2, 0.25) is 6.55 Å². The lowest BCUT2D eigenvalue weighted by molar-refractivity contribution is -0.161. The minimum absolute atomic E-state index is 0.0887. The first-order valence-electron chi connectivity index (χ1n) is 10.4. The molecule has 3 atom stereocenters. The van der Waals surface area contributed by atoms with Gasteiger partial charge in [-0.1, -0.05) is 91.4 Å². The summed E-state index contributed by atoms with van der Waals surface area (Å²) in [5.74, 6) is 0.162. The molecule has 0 bridgehead atoms. The fraction of sp³-hybridized carbons (Fsp3) is 0.458. The Labute approximate surface area is 170 Å². The zero-order valence-electron chi connectivity index (χ0n) is 17.8. The Morgan fingerprint density at radius 2 is 1.57 bits per heavy atom. The molecule has 3 nitrogen and oxygen atoms in total. The molecule has 0 amide bonds.